The van der Waals surface area contributed by atoms with E-state index in [1.165, 1.54) is 6.20 Å². The minimum absolute atomic E-state index is 0.440. The fourth-order valence-corrected chi connectivity index (χ4v) is 1.82. The first-order chi connectivity index (χ1) is 9.33. The number of benzene rings is 1. The number of para-hydroxylation sites is 1. The van der Waals surface area contributed by atoms with Gasteiger partial charge >= 0.3 is 0 Å². The van der Waals surface area contributed by atoms with Gasteiger partial charge in [-0.05, 0) is 12.1 Å². The van der Waals surface area contributed by atoms with Gasteiger partial charge in [-0.2, -0.15) is 4.99 Å². The predicted octanol–water partition coefficient (Wildman–Crippen LogP) is 1.11. The molecule has 0 spiro atoms. The normalized spacial score (nSPS) is 18.7. The number of hydrogen-bond donors (Lipinski definition) is 0. The highest BCUT2D eigenvalue weighted by Crippen LogP contribution is 2.13. The summed E-state index contributed by atoms with van der Waals surface area (Å²) in [5.74, 6) is 3.63. The highest BCUT2D eigenvalue weighted by Gasteiger charge is 2.09. The number of fused-ring (bicyclic) bond motifs is 1. The third kappa shape index (κ3) is 2.44. The Morgan fingerprint density at radius 3 is 3.11 bits per heavy atom. The van der Waals surface area contributed by atoms with Crippen LogP contribution < -0.4 is 10.6 Å². The zero-order valence-corrected chi connectivity index (χ0v) is 10.2. The molecular weight excluding hydrogens is 238 g/mol. The van der Waals surface area contributed by atoms with Crippen LogP contribution in [-0.4, -0.2) is 18.6 Å². The van der Waals surface area contributed by atoms with Gasteiger partial charge in [0.05, 0.1) is 23.7 Å². The minimum Gasteiger partial charge on any atom is -0.439 e. The van der Waals surface area contributed by atoms with Gasteiger partial charge in [0, 0.05) is 17.3 Å². The summed E-state index contributed by atoms with van der Waals surface area (Å²) in [5.41, 5.74) is 0.799. The van der Waals surface area contributed by atoms with Crippen molar-refractivity contribution in [3.05, 3.63) is 64.8 Å². The van der Waals surface area contributed by atoms with Gasteiger partial charge in [-0.1, -0.05) is 24.8 Å². The lowest BCUT2D eigenvalue weighted by Crippen LogP contribution is -2.24. The second kappa shape index (κ2) is 4.88. The van der Waals surface area contributed by atoms with Crippen molar-refractivity contribution < 1.29 is 4.74 Å². The summed E-state index contributed by atoms with van der Waals surface area (Å²) in [5, 5.41) is 1.87. The van der Waals surface area contributed by atoms with Crippen molar-refractivity contribution in [1.82, 2.24) is 0 Å². The van der Waals surface area contributed by atoms with E-state index in [-0.39, 0.29) is 0 Å². The topological polar surface area (TPSA) is 46.3 Å². The Morgan fingerprint density at radius 2 is 2.16 bits per heavy atom. The fraction of sp³-hybridized carbons (Fsp3) is 0.0667. The Morgan fingerprint density at radius 1 is 1.26 bits per heavy atom. The highest BCUT2D eigenvalue weighted by molar-refractivity contribution is 5.82. The van der Waals surface area contributed by atoms with Crippen LogP contribution in [-0.2, 0) is 4.74 Å². The average molecular weight is 249 g/mol. The van der Waals surface area contributed by atoms with Crippen LogP contribution in [0.1, 0.15) is 0 Å². The number of allylic oxidation sites excluding steroid dienone is 1. The van der Waals surface area contributed by atoms with E-state index in [2.05, 4.69) is 27.4 Å². The number of rotatable bonds is 0. The molecule has 0 fully saturated rings. The highest BCUT2D eigenvalue weighted by atomic mass is 16.5. The molecule has 2 aliphatic rings. The summed E-state index contributed by atoms with van der Waals surface area (Å²) >= 11 is 0. The summed E-state index contributed by atoms with van der Waals surface area (Å²) in [7, 11) is 0. The predicted molar refractivity (Wildman–Crippen MR) is 74.3 cm³/mol. The van der Waals surface area contributed by atoms with Gasteiger partial charge in [-0.3, -0.25) is 9.98 Å². The van der Waals surface area contributed by atoms with Crippen molar-refractivity contribution in [3.63, 3.8) is 0 Å². The Balaban J connectivity index is 2.18. The van der Waals surface area contributed by atoms with E-state index >= 15 is 0 Å². The lowest BCUT2D eigenvalue weighted by atomic mass is 10.2. The molecule has 0 unspecified atom stereocenters. The summed E-state index contributed by atoms with van der Waals surface area (Å²) in [4.78, 5) is 12.7. The third-order valence-corrected chi connectivity index (χ3v) is 2.70. The molecule has 0 amide bonds. The first kappa shape index (κ1) is 11.4. The zero-order chi connectivity index (χ0) is 13.1. The van der Waals surface area contributed by atoms with Crippen molar-refractivity contribution >= 4 is 18.2 Å². The molecule has 0 radical (unpaired) electrons. The number of ether oxygens (including phenoxy) is 1. The maximum atomic E-state index is 5.64. The second-order valence-corrected chi connectivity index (χ2v) is 4.07. The van der Waals surface area contributed by atoms with E-state index in [0.717, 1.165) is 16.1 Å². The molecule has 19 heavy (non-hydrogen) atoms. The Labute approximate surface area is 110 Å². The monoisotopic (exact) mass is 249 g/mol. The number of hydrogen-bond acceptors (Lipinski definition) is 4. The van der Waals surface area contributed by atoms with Crippen molar-refractivity contribution in [2.45, 2.75) is 0 Å². The standard InChI is InChI=1S/C15H11N3O/c1-11-8-12-4-2-3-5-14(12)18-10-13-9-16-6-7-17-15(13)19-11/h2-6,8-9H,1,10H2/b12-8-,18-14?. The minimum atomic E-state index is 0.440. The molecule has 0 aromatic heterocycles. The van der Waals surface area contributed by atoms with E-state index in [4.69, 9.17) is 4.74 Å². The molecule has 0 saturated heterocycles. The van der Waals surface area contributed by atoms with Gasteiger partial charge in [0.15, 0.2) is 0 Å². The smallest absolute Gasteiger partial charge is 0.234 e. The van der Waals surface area contributed by atoms with E-state index in [1.54, 1.807) is 6.21 Å². The van der Waals surface area contributed by atoms with Gasteiger partial charge in [-0.25, -0.2) is 0 Å². The first-order valence-corrected chi connectivity index (χ1v) is 5.85. The molecule has 3 rings (SSSR count). The van der Waals surface area contributed by atoms with Crippen LogP contribution in [0.2, 0.25) is 0 Å². The molecule has 92 valence electrons. The lowest BCUT2D eigenvalue weighted by molar-refractivity contribution is 0.323. The van der Waals surface area contributed by atoms with Gasteiger partial charge in [0.1, 0.15) is 5.76 Å². The Bertz CT molecular complexity index is 778. The summed E-state index contributed by atoms with van der Waals surface area (Å²) in [6, 6.07) is 7.84. The van der Waals surface area contributed by atoms with E-state index < -0.39 is 0 Å². The molecule has 2 heterocycles. The largest absolute Gasteiger partial charge is 0.439 e. The lowest BCUT2D eigenvalue weighted by Gasteiger charge is -2.05. The number of nitrogens with zero attached hydrogens (tertiary/aromatic N) is 3. The van der Waals surface area contributed by atoms with E-state index in [1.807, 2.05) is 30.3 Å². The molecular formula is C15H11N3O. The van der Waals surface area contributed by atoms with E-state index in [9.17, 15) is 0 Å². The molecule has 1 aromatic carbocycles. The Kier molecular flexibility index (Phi) is 2.93. The average Bonchev–Trinajstić information content (AvgIpc) is 2.59. The summed E-state index contributed by atoms with van der Waals surface area (Å²) < 4.78 is 5.64. The molecule has 4 heteroatoms. The molecule has 4 nitrogen and oxygen atoms in total. The van der Waals surface area contributed by atoms with Crippen LogP contribution in [0.15, 0.2) is 69.2 Å². The molecule has 0 N–H and O–H groups in total. The van der Waals surface area contributed by atoms with Crippen molar-refractivity contribution in [2.24, 2.45) is 15.0 Å². The van der Waals surface area contributed by atoms with Gasteiger partial charge in [-0.15, -0.1) is 0 Å². The van der Waals surface area contributed by atoms with Crippen LogP contribution in [0.25, 0.3) is 6.08 Å². The van der Waals surface area contributed by atoms with Crippen molar-refractivity contribution in [1.29, 1.82) is 0 Å². The molecule has 0 aliphatic carbocycles. The van der Waals surface area contributed by atoms with E-state index in [0.29, 0.717) is 18.2 Å². The van der Waals surface area contributed by atoms with Crippen molar-refractivity contribution in [2.75, 3.05) is 6.54 Å². The first-order valence-electron chi connectivity index (χ1n) is 5.85. The van der Waals surface area contributed by atoms with Crippen molar-refractivity contribution in [3.8, 4) is 0 Å². The van der Waals surface area contributed by atoms with Gasteiger partial charge in [0.25, 0.3) is 0 Å². The second-order valence-electron chi connectivity index (χ2n) is 4.07. The summed E-state index contributed by atoms with van der Waals surface area (Å²) in [6.07, 6.45) is 5.02. The van der Waals surface area contributed by atoms with Crippen LogP contribution >= 0.6 is 0 Å². The number of aliphatic imine (C=N–C) groups is 2. The maximum absolute atomic E-state index is 5.64. The zero-order valence-electron chi connectivity index (χ0n) is 10.2. The van der Waals surface area contributed by atoms with Crippen LogP contribution in [0, 0.1) is 0 Å². The summed E-state index contributed by atoms with van der Waals surface area (Å²) in [6.45, 7) is 4.34. The van der Waals surface area contributed by atoms with Gasteiger partial charge < -0.3 is 4.74 Å². The molecule has 2 aliphatic heterocycles. The quantitative estimate of drug-likeness (QED) is 0.679. The SMILES string of the molecule is C=C1/C=c2/ccccc2=NCC2=C(N=C=CN=C2)O1. The fourth-order valence-electron chi connectivity index (χ4n) is 1.82. The van der Waals surface area contributed by atoms with Gasteiger partial charge in [0.2, 0.25) is 5.88 Å². The molecule has 0 saturated carbocycles. The third-order valence-electron chi connectivity index (χ3n) is 2.70. The van der Waals surface area contributed by atoms with Crippen LogP contribution in [0.4, 0.5) is 0 Å². The molecule has 0 atom stereocenters. The molecule has 1 aromatic rings. The maximum Gasteiger partial charge on any atom is 0.234 e. The Hall–Kier alpha value is -2.71. The van der Waals surface area contributed by atoms with Crippen LogP contribution in [0.5, 0.6) is 0 Å². The molecule has 0 bridgehead atoms. The van der Waals surface area contributed by atoms with Crippen LogP contribution in [0.3, 0.4) is 0 Å².